The quantitative estimate of drug-likeness (QED) is 0.340. The predicted octanol–water partition coefficient (Wildman–Crippen LogP) is 1.39. The number of ether oxygens (including phenoxy) is 3. The third-order valence-electron chi connectivity index (χ3n) is 2.62. The maximum atomic E-state index is 11.6. The Hall–Kier alpha value is -2.64. The zero-order valence-electron chi connectivity index (χ0n) is 13.8. The van der Waals surface area contributed by atoms with Gasteiger partial charge in [-0.15, -0.1) is 0 Å². The topological polar surface area (TPSA) is 116 Å². The Kier molecular flexibility index (Phi) is 9.77. The zero-order chi connectivity index (χ0) is 18.7. The van der Waals surface area contributed by atoms with E-state index < -0.39 is 30.0 Å². The van der Waals surface area contributed by atoms with Gasteiger partial charge in [0, 0.05) is 17.6 Å². The van der Waals surface area contributed by atoms with E-state index in [1.807, 2.05) is 0 Å². The second kappa shape index (κ2) is 11.0. The summed E-state index contributed by atoms with van der Waals surface area (Å²) < 4.78 is 14.8. The highest BCUT2D eigenvalue weighted by Crippen LogP contribution is 2.07. The van der Waals surface area contributed by atoms with Crippen molar-refractivity contribution in [3.05, 3.63) is 24.3 Å². The van der Waals surface area contributed by atoms with Crippen LogP contribution in [0.25, 0.3) is 0 Å². The van der Waals surface area contributed by atoms with Crippen molar-refractivity contribution in [3.8, 4) is 0 Å². The van der Waals surface area contributed by atoms with Crippen LogP contribution in [-0.4, -0.2) is 48.3 Å². The number of carboxylic acids is 1. The van der Waals surface area contributed by atoms with Gasteiger partial charge in [-0.3, -0.25) is 9.59 Å². The summed E-state index contributed by atoms with van der Waals surface area (Å²) in [5, 5.41) is 8.49. The van der Waals surface area contributed by atoms with Gasteiger partial charge in [-0.05, 0) is 13.8 Å². The first-order valence-electron chi connectivity index (χ1n) is 7.20. The Balaban J connectivity index is 4.47. The van der Waals surface area contributed by atoms with Crippen molar-refractivity contribution in [2.24, 2.45) is 0 Å². The largest absolute Gasteiger partial charge is 0.481 e. The number of carboxylic acid groups (broad SMARTS) is 1. The van der Waals surface area contributed by atoms with Crippen LogP contribution in [0.2, 0.25) is 0 Å². The second-order valence-corrected chi connectivity index (χ2v) is 5.09. The zero-order valence-corrected chi connectivity index (χ0v) is 13.8. The minimum atomic E-state index is -1.12. The van der Waals surface area contributed by atoms with Gasteiger partial charge >= 0.3 is 23.9 Å². The molecule has 0 aliphatic heterocycles. The van der Waals surface area contributed by atoms with E-state index in [9.17, 15) is 19.2 Å². The molecule has 0 aromatic heterocycles. The first-order valence-corrected chi connectivity index (χ1v) is 7.20. The lowest BCUT2D eigenvalue weighted by Gasteiger charge is -2.18. The molecule has 24 heavy (non-hydrogen) atoms. The Morgan fingerprint density at radius 3 is 2.04 bits per heavy atom. The van der Waals surface area contributed by atoms with E-state index in [4.69, 9.17) is 19.3 Å². The van der Waals surface area contributed by atoms with Gasteiger partial charge in [-0.2, -0.15) is 0 Å². The van der Waals surface area contributed by atoms with E-state index in [2.05, 4.69) is 13.2 Å². The molecule has 0 saturated carbocycles. The fourth-order valence-electron chi connectivity index (χ4n) is 1.30. The Morgan fingerprint density at radius 2 is 1.54 bits per heavy atom. The summed E-state index contributed by atoms with van der Waals surface area (Å²) in [5.74, 6) is -3.11. The number of hydrogen-bond donors (Lipinski definition) is 1. The number of carbonyl (C=O) groups is 4. The van der Waals surface area contributed by atoms with Crippen LogP contribution in [0, 0.1) is 0 Å². The number of esters is 3. The maximum absolute atomic E-state index is 11.6. The molecule has 1 atom stereocenters. The average Bonchev–Trinajstić information content (AvgIpc) is 2.49. The summed E-state index contributed by atoms with van der Waals surface area (Å²) in [6, 6.07) is 0. The minimum absolute atomic E-state index is 0.0630. The molecule has 0 aliphatic rings. The molecule has 0 bridgehead atoms. The van der Waals surface area contributed by atoms with Gasteiger partial charge in [0.2, 0.25) is 0 Å². The van der Waals surface area contributed by atoms with Crippen LogP contribution < -0.4 is 0 Å². The van der Waals surface area contributed by atoms with Gasteiger partial charge in [0.1, 0.15) is 12.7 Å². The molecule has 0 amide bonds. The SMILES string of the molecule is C=C(C)C(=O)OCCC(COC(=O)CCC(=O)O)OC(=O)C(=C)C. The number of aliphatic carboxylic acids is 1. The fourth-order valence-corrected chi connectivity index (χ4v) is 1.30. The molecule has 134 valence electrons. The summed E-state index contributed by atoms with van der Waals surface area (Å²) in [4.78, 5) is 44.6. The lowest BCUT2D eigenvalue weighted by atomic mass is 10.2. The van der Waals surface area contributed by atoms with Crippen LogP contribution in [0.3, 0.4) is 0 Å². The first kappa shape index (κ1) is 21.4. The Labute approximate surface area is 140 Å². The van der Waals surface area contributed by atoms with Gasteiger partial charge < -0.3 is 19.3 Å². The highest BCUT2D eigenvalue weighted by atomic mass is 16.6. The molecule has 8 heteroatoms. The van der Waals surface area contributed by atoms with E-state index in [1.165, 1.54) is 13.8 Å². The molecule has 0 aromatic carbocycles. The molecule has 0 radical (unpaired) electrons. The molecule has 0 saturated heterocycles. The highest BCUT2D eigenvalue weighted by molar-refractivity contribution is 5.87. The molecule has 0 heterocycles. The van der Waals surface area contributed by atoms with Gasteiger partial charge in [-0.1, -0.05) is 13.2 Å². The third kappa shape index (κ3) is 10.1. The van der Waals surface area contributed by atoms with E-state index >= 15 is 0 Å². The van der Waals surface area contributed by atoms with Crippen LogP contribution in [0.4, 0.5) is 0 Å². The molecule has 8 nitrogen and oxygen atoms in total. The molecule has 0 spiro atoms. The molecule has 0 rings (SSSR count). The summed E-state index contributed by atoms with van der Waals surface area (Å²) in [6.07, 6.45) is -1.39. The monoisotopic (exact) mass is 342 g/mol. The molecule has 0 aromatic rings. The van der Waals surface area contributed by atoms with Gasteiger partial charge in [-0.25, -0.2) is 9.59 Å². The molecule has 1 unspecified atom stereocenters. The highest BCUT2D eigenvalue weighted by Gasteiger charge is 2.19. The van der Waals surface area contributed by atoms with Gasteiger partial charge in [0.25, 0.3) is 0 Å². The maximum Gasteiger partial charge on any atom is 0.333 e. The van der Waals surface area contributed by atoms with Gasteiger partial charge in [0.15, 0.2) is 0 Å². The number of hydrogen-bond acceptors (Lipinski definition) is 7. The normalized spacial score (nSPS) is 11.1. The van der Waals surface area contributed by atoms with E-state index in [0.717, 1.165) is 0 Å². The summed E-state index contributed by atoms with van der Waals surface area (Å²) in [6.45, 7) is 9.48. The van der Waals surface area contributed by atoms with Crippen molar-refractivity contribution in [2.45, 2.75) is 39.2 Å². The van der Waals surface area contributed by atoms with Crippen molar-refractivity contribution in [1.29, 1.82) is 0 Å². The second-order valence-electron chi connectivity index (χ2n) is 5.09. The predicted molar refractivity (Wildman–Crippen MR) is 82.9 cm³/mol. The van der Waals surface area contributed by atoms with Crippen LogP contribution in [0.5, 0.6) is 0 Å². The summed E-state index contributed by atoms with van der Waals surface area (Å²) in [7, 11) is 0. The lowest BCUT2D eigenvalue weighted by Crippen LogP contribution is -2.27. The van der Waals surface area contributed by atoms with Gasteiger partial charge in [0.05, 0.1) is 19.4 Å². The van der Waals surface area contributed by atoms with Crippen molar-refractivity contribution in [1.82, 2.24) is 0 Å². The average molecular weight is 342 g/mol. The standard InChI is InChI=1S/C16H22O8/c1-10(2)15(20)22-8-7-12(24-16(21)11(3)4)9-23-14(19)6-5-13(17)18/h12H,1,3,5-9H2,2,4H3,(H,17,18). The van der Waals surface area contributed by atoms with Crippen molar-refractivity contribution < 1.29 is 38.5 Å². The third-order valence-corrected chi connectivity index (χ3v) is 2.62. The van der Waals surface area contributed by atoms with Crippen LogP contribution >= 0.6 is 0 Å². The van der Waals surface area contributed by atoms with Crippen LogP contribution in [0.15, 0.2) is 24.3 Å². The van der Waals surface area contributed by atoms with Crippen molar-refractivity contribution in [3.63, 3.8) is 0 Å². The number of rotatable bonds is 11. The summed E-state index contributed by atoms with van der Waals surface area (Å²) in [5.41, 5.74) is 0.390. The molecular formula is C16H22O8. The van der Waals surface area contributed by atoms with Crippen molar-refractivity contribution in [2.75, 3.05) is 13.2 Å². The van der Waals surface area contributed by atoms with E-state index in [-0.39, 0.29) is 43.6 Å². The van der Waals surface area contributed by atoms with Crippen molar-refractivity contribution >= 4 is 23.9 Å². The van der Waals surface area contributed by atoms with Crippen LogP contribution in [0.1, 0.15) is 33.1 Å². The Bertz CT molecular complexity index is 520. The molecule has 0 fully saturated rings. The molecule has 0 aliphatic carbocycles. The Morgan fingerprint density at radius 1 is 0.958 bits per heavy atom. The lowest BCUT2D eigenvalue weighted by molar-refractivity contribution is -0.158. The fraction of sp³-hybridized carbons (Fsp3) is 0.500. The number of carbonyl (C=O) groups excluding carboxylic acids is 3. The first-order chi connectivity index (χ1) is 11.1. The smallest absolute Gasteiger partial charge is 0.333 e. The minimum Gasteiger partial charge on any atom is -0.481 e. The van der Waals surface area contributed by atoms with Crippen LogP contribution in [-0.2, 0) is 33.4 Å². The summed E-state index contributed by atoms with van der Waals surface area (Å²) >= 11 is 0. The van der Waals surface area contributed by atoms with E-state index in [1.54, 1.807) is 0 Å². The molecular weight excluding hydrogens is 320 g/mol. The molecule has 1 N–H and O–H groups in total. The van der Waals surface area contributed by atoms with E-state index in [0.29, 0.717) is 0 Å².